The third-order valence-electron chi connectivity index (χ3n) is 5.80. The van der Waals surface area contributed by atoms with Gasteiger partial charge in [0.25, 0.3) is 0 Å². The Bertz CT molecular complexity index is 1220. The second-order valence-electron chi connectivity index (χ2n) is 8.47. The minimum atomic E-state index is 0.446. The van der Waals surface area contributed by atoms with Crippen LogP contribution >= 0.6 is 0 Å². The first-order valence-corrected chi connectivity index (χ1v) is 11.0. The van der Waals surface area contributed by atoms with Gasteiger partial charge in [0.15, 0.2) is 0 Å². The molecule has 4 aromatic heterocycles. The van der Waals surface area contributed by atoms with Gasteiger partial charge in [0.05, 0.1) is 12.2 Å². The van der Waals surface area contributed by atoms with Gasteiger partial charge in [0.2, 0.25) is 0 Å². The normalized spacial score (nSPS) is 18.8. The molecule has 0 aromatic carbocycles. The number of pyridine rings is 3. The number of nitrogens with zero attached hydrogens (tertiary/aromatic N) is 4. The van der Waals surface area contributed by atoms with E-state index < -0.39 is 0 Å². The molecule has 1 fully saturated rings. The molecule has 5 N–H and O–H groups in total. The van der Waals surface area contributed by atoms with E-state index in [9.17, 15) is 0 Å². The van der Waals surface area contributed by atoms with E-state index in [1.54, 1.807) is 12.4 Å². The Kier molecular flexibility index (Phi) is 5.36. The Labute approximate surface area is 187 Å². The number of fused-ring (bicyclic) bond motifs is 1. The molecule has 5 heterocycles. The van der Waals surface area contributed by atoms with Crippen LogP contribution in [0.1, 0.15) is 19.5 Å². The summed E-state index contributed by atoms with van der Waals surface area (Å²) in [6, 6.07) is 13.0. The minimum Gasteiger partial charge on any atom is -0.384 e. The highest BCUT2D eigenvalue weighted by atomic mass is 15.3. The van der Waals surface area contributed by atoms with Crippen LogP contribution in [0.4, 0.5) is 17.3 Å². The second-order valence-corrected chi connectivity index (χ2v) is 8.47. The van der Waals surface area contributed by atoms with E-state index in [1.165, 1.54) is 0 Å². The van der Waals surface area contributed by atoms with Crippen molar-refractivity contribution in [1.82, 2.24) is 25.3 Å². The minimum absolute atomic E-state index is 0.446. The summed E-state index contributed by atoms with van der Waals surface area (Å²) in [7, 11) is 0. The Balaban J connectivity index is 1.40. The molecule has 0 bridgehead atoms. The number of nitrogens with one attached hydrogen (secondary N) is 3. The number of hydrogen-bond donors (Lipinski definition) is 4. The zero-order chi connectivity index (χ0) is 22.1. The fraction of sp³-hybridized carbons (Fsp3) is 0.292. The number of nitrogens with two attached hydrogens (primary N) is 1. The van der Waals surface area contributed by atoms with Crippen molar-refractivity contribution >= 4 is 28.4 Å². The number of anilines is 3. The molecule has 4 aromatic rings. The van der Waals surface area contributed by atoms with Crippen LogP contribution < -0.4 is 21.3 Å². The highest BCUT2D eigenvalue weighted by Gasteiger charge is 2.22. The molecule has 2 atom stereocenters. The van der Waals surface area contributed by atoms with E-state index in [-0.39, 0.29) is 0 Å². The van der Waals surface area contributed by atoms with Gasteiger partial charge >= 0.3 is 0 Å². The molecule has 8 heteroatoms. The van der Waals surface area contributed by atoms with Gasteiger partial charge in [-0.1, -0.05) is 6.07 Å². The van der Waals surface area contributed by atoms with Crippen molar-refractivity contribution in [3.8, 4) is 11.1 Å². The lowest BCUT2D eigenvalue weighted by Gasteiger charge is -2.37. The van der Waals surface area contributed by atoms with E-state index in [0.29, 0.717) is 24.4 Å². The first kappa shape index (κ1) is 20.3. The molecule has 8 nitrogen and oxygen atoms in total. The van der Waals surface area contributed by atoms with Crippen molar-refractivity contribution in [2.75, 3.05) is 29.0 Å². The average molecular weight is 429 g/mol. The quantitative estimate of drug-likeness (QED) is 0.386. The summed E-state index contributed by atoms with van der Waals surface area (Å²) >= 11 is 0. The van der Waals surface area contributed by atoms with Crippen molar-refractivity contribution in [2.45, 2.75) is 32.5 Å². The molecule has 5 rings (SSSR count). The van der Waals surface area contributed by atoms with Crippen LogP contribution in [0.15, 0.2) is 55.0 Å². The molecule has 1 saturated heterocycles. The van der Waals surface area contributed by atoms with E-state index in [2.05, 4.69) is 62.5 Å². The van der Waals surface area contributed by atoms with Crippen LogP contribution in [0.2, 0.25) is 0 Å². The maximum absolute atomic E-state index is 5.91. The van der Waals surface area contributed by atoms with Gasteiger partial charge in [-0.25, -0.2) is 15.0 Å². The fourth-order valence-corrected chi connectivity index (χ4v) is 4.49. The number of nitrogen functional groups attached to an aromatic ring is 1. The predicted molar refractivity (Wildman–Crippen MR) is 130 cm³/mol. The lowest BCUT2D eigenvalue weighted by Crippen LogP contribution is -2.54. The van der Waals surface area contributed by atoms with Crippen molar-refractivity contribution < 1.29 is 0 Å². The molecular formula is C24H28N8. The van der Waals surface area contributed by atoms with Crippen LogP contribution in [-0.4, -0.2) is 45.1 Å². The molecule has 164 valence electrons. The Morgan fingerprint density at radius 3 is 2.72 bits per heavy atom. The summed E-state index contributed by atoms with van der Waals surface area (Å²) in [5.74, 6) is 1.52. The number of hydrogen-bond acceptors (Lipinski definition) is 7. The maximum Gasteiger partial charge on any atom is 0.139 e. The fourth-order valence-electron chi connectivity index (χ4n) is 4.49. The van der Waals surface area contributed by atoms with Gasteiger partial charge in [-0.3, -0.25) is 0 Å². The first-order chi connectivity index (χ1) is 15.6. The smallest absolute Gasteiger partial charge is 0.139 e. The van der Waals surface area contributed by atoms with Gasteiger partial charge in [0, 0.05) is 60.4 Å². The number of piperazine rings is 1. The predicted octanol–water partition coefficient (Wildman–Crippen LogP) is 3.40. The highest BCUT2D eigenvalue weighted by Crippen LogP contribution is 2.33. The standard InChI is InChI=1S/C24H28N8/c1-15-13-32(14-16(2)30-15)22-5-3-4-18(31-22)11-28-20-7-9-27-24-23(20)19(12-29-24)17-6-8-26-21(25)10-17/h3-10,12,15-16,30H,11,13-14H2,1-2H3,(H2,25,26)(H2,27,28,29)/t15-,16+. The Hall–Kier alpha value is -3.65. The SMILES string of the molecule is C[C@@H]1CN(c2cccc(CNc3ccnc4[nH]cc(-c5ccnc(N)c5)c34)n2)C[C@H](C)N1. The third kappa shape index (κ3) is 4.09. The molecule has 0 saturated carbocycles. The molecule has 0 radical (unpaired) electrons. The number of aromatic nitrogens is 4. The molecule has 1 aliphatic rings. The zero-order valence-electron chi connectivity index (χ0n) is 18.3. The van der Waals surface area contributed by atoms with Gasteiger partial charge in [0.1, 0.15) is 17.3 Å². The van der Waals surface area contributed by atoms with Crippen molar-refractivity contribution in [1.29, 1.82) is 0 Å². The lowest BCUT2D eigenvalue weighted by molar-refractivity contribution is 0.405. The van der Waals surface area contributed by atoms with Gasteiger partial charge in [-0.2, -0.15) is 0 Å². The highest BCUT2D eigenvalue weighted by molar-refractivity contribution is 6.02. The van der Waals surface area contributed by atoms with Crippen molar-refractivity contribution in [2.24, 2.45) is 0 Å². The van der Waals surface area contributed by atoms with Crippen LogP contribution in [0.5, 0.6) is 0 Å². The lowest BCUT2D eigenvalue weighted by atomic mass is 10.1. The topological polar surface area (TPSA) is 108 Å². The van der Waals surface area contributed by atoms with Crippen molar-refractivity contribution in [3.05, 3.63) is 60.7 Å². The molecule has 0 unspecified atom stereocenters. The summed E-state index contributed by atoms with van der Waals surface area (Å²) in [4.78, 5) is 19.1. The summed E-state index contributed by atoms with van der Waals surface area (Å²) in [5, 5.41) is 8.16. The van der Waals surface area contributed by atoms with E-state index in [1.807, 2.05) is 24.4 Å². The van der Waals surface area contributed by atoms with Gasteiger partial charge < -0.3 is 26.3 Å². The average Bonchev–Trinajstić information content (AvgIpc) is 3.22. The van der Waals surface area contributed by atoms with E-state index in [4.69, 9.17) is 10.7 Å². The van der Waals surface area contributed by atoms with Crippen LogP contribution in [-0.2, 0) is 6.54 Å². The van der Waals surface area contributed by atoms with Crippen LogP contribution in [0, 0.1) is 0 Å². The van der Waals surface area contributed by atoms with Crippen LogP contribution in [0.3, 0.4) is 0 Å². The largest absolute Gasteiger partial charge is 0.384 e. The summed E-state index contributed by atoms with van der Waals surface area (Å²) in [5.41, 5.74) is 10.8. The Morgan fingerprint density at radius 1 is 1.09 bits per heavy atom. The van der Waals surface area contributed by atoms with Crippen molar-refractivity contribution in [3.63, 3.8) is 0 Å². The summed E-state index contributed by atoms with van der Waals surface area (Å²) in [6.07, 6.45) is 5.49. The second kappa shape index (κ2) is 8.47. The Morgan fingerprint density at radius 2 is 1.91 bits per heavy atom. The number of H-pyrrole nitrogens is 1. The summed E-state index contributed by atoms with van der Waals surface area (Å²) < 4.78 is 0. The molecule has 1 aliphatic heterocycles. The maximum atomic E-state index is 5.91. The number of aromatic amines is 1. The zero-order valence-corrected chi connectivity index (χ0v) is 18.3. The van der Waals surface area contributed by atoms with Crippen LogP contribution in [0.25, 0.3) is 22.2 Å². The number of rotatable bonds is 5. The molecule has 32 heavy (non-hydrogen) atoms. The van der Waals surface area contributed by atoms with Gasteiger partial charge in [-0.05, 0) is 49.7 Å². The monoisotopic (exact) mass is 428 g/mol. The van der Waals surface area contributed by atoms with E-state index in [0.717, 1.165) is 52.4 Å². The van der Waals surface area contributed by atoms with E-state index >= 15 is 0 Å². The molecular weight excluding hydrogens is 400 g/mol. The first-order valence-electron chi connectivity index (χ1n) is 11.0. The molecule has 0 spiro atoms. The third-order valence-corrected chi connectivity index (χ3v) is 5.80. The molecule has 0 aliphatic carbocycles. The van der Waals surface area contributed by atoms with Gasteiger partial charge in [-0.15, -0.1) is 0 Å². The summed E-state index contributed by atoms with van der Waals surface area (Å²) in [6.45, 7) is 6.97. The molecule has 0 amide bonds.